The van der Waals surface area contributed by atoms with Gasteiger partial charge in [-0.25, -0.2) is 13.1 Å². The average Bonchev–Trinajstić information content (AvgIpc) is 2.76. The molecule has 1 heterocycles. The first-order chi connectivity index (χ1) is 8.49. The minimum atomic E-state index is -3.30. The summed E-state index contributed by atoms with van der Waals surface area (Å²) in [5.41, 5.74) is 0.938. The van der Waals surface area contributed by atoms with Crippen molar-refractivity contribution < 1.29 is 13.2 Å². The second-order valence-electron chi connectivity index (χ2n) is 4.40. The molecule has 2 rings (SSSR count). The van der Waals surface area contributed by atoms with Gasteiger partial charge in [-0.3, -0.25) is 0 Å². The van der Waals surface area contributed by atoms with Gasteiger partial charge >= 0.3 is 0 Å². The first kappa shape index (κ1) is 14.0. The van der Waals surface area contributed by atoms with Crippen LogP contribution >= 0.6 is 15.9 Å². The molecule has 0 spiro atoms. The highest BCUT2D eigenvalue weighted by Crippen LogP contribution is 2.20. The normalized spacial score (nSPS) is 24.3. The van der Waals surface area contributed by atoms with Crippen LogP contribution in [0.5, 0.6) is 0 Å². The van der Waals surface area contributed by atoms with Crippen LogP contribution < -0.4 is 4.72 Å². The number of ether oxygens (including phenoxy) is 1. The maximum Gasteiger partial charge on any atom is 0.217 e. The van der Waals surface area contributed by atoms with E-state index < -0.39 is 15.3 Å². The smallest absolute Gasteiger partial charge is 0.217 e. The molecule has 100 valence electrons. The minimum absolute atomic E-state index is 0.229. The third kappa shape index (κ3) is 3.32. The standard InChI is InChI=1S/C12H16BrNO3S/c1-9-12(6-7-17-9)18(15,16)14-8-10-2-4-11(13)5-3-10/h2-5,9,12,14H,6-8H2,1H3/t9-,12-/m1/s1. The molecule has 1 aliphatic rings. The van der Waals surface area contributed by atoms with Crippen LogP contribution in [-0.2, 0) is 21.3 Å². The van der Waals surface area contributed by atoms with E-state index in [2.05, 4.69) is 20.7 Å². The second-order valence-corrected chi connectivity index (χ2v) is 7.30. The van der Waals surface area contributed by atoms with E-state index in [9.17, 15) is 8.42 Å². The Balaban J connectivity index is 1.98. The molecule has 1 aromatic carbocycles. The van der Waals surface area contributed by atoms with E-state index >= 15 is 0 Å². The molecular formula is C12H16BrNO3S. The highest BCUT2D eigenvalue weighted by molar-refractivity contribution is 9.10. The molecule has 6 heteroatoms. The SMILES string of the molecule is C[C@H]1OCC[C@H]1S(=O)(=O)NCc1ccc(Br)cc1. The Morgan fingerprint density at radius 3 is 2.61 bits per heavy atom. The maximum atomic E-state index is 12.1. The Morgan fingerprint density at radius 1 is 1.39 bits per heavy atom. The fourth-order valence-electron chi connectivity index (χ4n) is 2.01. The predicted molar refractivity (Wildman–Crippen MR) is 73.7 cm³/mol. The van der Waals surface area contributed by atoms with Gasteiger partial charge in [0.2, 0.25) is 10.0 Å². The topological polar surface area (TPSA) is 55.4 Å². The number of sulfonamides is 1. The summed E-state index contributed by atoms with van der Waals surface area (Å²) >= 11 is 3.34. The Bertz CT molecular complexity index is 501. The summed E-state index contributed by atoms with van der Waals surface area (Å²) in [6, 6.07) is 7.57. The summed E-state index contributed by atoms with van der Waals surface area (Å²) < 4.78 is 33.1. The van der Waals surface area contributed by atoms with E-state index in [0.717, 1.165) is 10.0 Å². The Labute approximate surface area is 116 Å². The summed E-state index contributed by atoms with van der Waals surface area (Å²) in [6.45, 7) is 2.64. The third-order valence-corrected chi connectivity index (χ3v) is 5.59. The van der Waals surface area contributed by atoms with Crippen LogP contribution in [0.2, 0.25) is 0 Å². The van der Waals surface area contributed by atoms with Crippen molar-refractivity contribution >= 4 is 26.0 Å². The molecule has 1 aromatic rings. The molecule has 18 heavy (non-hydrogen) atoms. The Kier molecular flexibility index (Phi) is 4.42. The van der Waals surface area contributed by atoms with Gasteiger partial charge in [-0.1, -0.05) is 28.1 Å². The number of hydrogen-bond donors (Lipinski definition) is 1. The number of nitrogens with one attached hydrogen (secondary N) is 1. The summed E-state index contributed by atoms with van der Waals surface area (Å²) in [6.07, 6.45) is 0.337. The zero-order valence-electron chi connectivity index (χ0n) is 10.1. The monoisotopic (exact) mass is 333 g/mol. The Morgan fingerprint density at radius 2 is 2.06 bits per heavy atom. The molecule has 0 radical (unpaired) electrons. The zero-order valence-corrected chi connectivity index (χ0v) is 12.5. The molecule has 0 saturated carbocycles. The van der Waals surface area contributed by atoms with Gasteiger partial charge in [0.25, 0.3) is 0 Å². The highest BCUT2D eigenvalue weighted by Gasteiger charge is 2.35. The molecular weight excluding hydrogens is 318 g/mol. The van der Waals surface area contributed by atoms with Crippen LogP contribution in [0.3, 0.4) is 0 Å². The van der Waals surface area contributed by atoms with Crippen LogP contribution in [0.25, 0.3) is 0 Å². The summed E-state index contributed by atoms with van der Waals surface area (Å²) in [5, 5.41) is -0.437. The van der Waals surface area contributed by atoms with Crippen molar-refractivity contribution in [2.45, 2.75) is 31.2 Å². The molecule has 0 bridgehead atoms. The van der Waals surface area contributed by atoms with Crippen LogP contribution in [0.4, 0.5) is 0 Å². The molecule has 1 N–H and O–H groups in total. The van der Waals surface area contributed by atoms with Crippen molar-refractivity contribution in [1.82, 2.24) is 4.72 Å². The van der Waals surface area contributed by atoms with Gasteiger partial charge in [0, 0.05) is 17.6 Å². The molecule has 0 unspecified atom stereocenters. The number of benzene rings is 1. The van der Waals surface area contributed by atoms with E-state index in [1.807, 2.05) is 24.3 Å². The largest absolute Gasteiger partial charge is 0.377 e. The van der Waals surface area contributed by atoms with Crippen molar-refractivity contribution in [3.05, 3.63) is 34.3 Å². The highest BCUT2D eigenvalue weighted by atomic mass is 79.9. The van der Waals surface area contributed by atoms with Crippen LogP contribution in [0.15, 0.2) is 28.7 Å². The van der Waals surface area contributed by atoms with Gasteiger partial charge in [0.05, 0.1) is 6.10 Å². The van der Waals surface area contributed by atoms with Crippen LogP contribution in [0.1, 0.15) is 18.9 Å². The van der Waals surface area contributed by atoms with Crippen molar-refractivity contribution in [2.75, 3.05) is 6.61 Å². The fraction of sp³-hybridized carbons (Fsp3) is 0.500. The van der Waals surface area contributed by atoms with Gasteiger partial charge in [-0.05, 0) is 31.0 Å². The summed E-state index contributed by atoms with van der Waals surface area (Å²) in [5.74, 6) is 0. The molecule has 1 aliphatic heterocycles. The van der Waals surface area contributed by atoms with Gasteiger partial charge in [0.15, 0.2) is 0 Å². The lowest BCUT2D eigenvalue weighted by molar-refractivity contribution is 0.126. The van der Waals surface area contributed by atoms with Crippen molar-refractivity contribution in [1.29, 1.82) is 0 Å². The predicted octanol–water partition coefficient (Wildman–Crippen LogP) is 2.05. The molecule has 0 aliphatic carbocycles. The first-order valence-corrected chi connectivity index (χ1v) is 8.17. The van der Waals surface area contributed by atoms with Gasteiger partial charge in [-0.15, -0.1) is 0 Å². The number of hydrogen-bond acceptors (Lipinski definition) is 3. The molecule has 1 fully saturated rings. The lowest BCUT2D eigenvalue weighted by Gasteiger charge is -2.15. The van der Waals surface area contributed by atoms with E-state index in [4.69, 9.17) is 4.74 Å². The first-order valence-electron chi connectivity index (χ1n) is 5.83. The van der Waals surface area contributed by atoms with E-state index in [-0.39, 0.29) is 6.10 Å². The molecule has 0 amide bonds. The lowest BCUT2D eigenvalue weighted by Crippen LogP contribution is -2.37. The van der Waals surface area contributed by atoms with Crippen molar-refractivity contribution in [3.8, 4) is 0 Å². The van der Waals surface area contributed by atoms with Crippen LogP contribution in [-0.4, -0.2) is 26.4 Å². The van der Waals surface area contributed by atoms with E-state index in [1.54, 1.807) is 6.92 Å². The molecule has 4 nitrogen and oxygen atoms in total. The Hall–Kier alpha value is -0.430. The van der Waals surface area contributed by atoms with Crippen molar-refractivity contribution in [3.63, 3.8) is 0 Å². The average molecular weight is 334 g/mol. The fourth-order valence-corrected chi connectivity index (χ4v) is 3.85. The maximum absolute atomic E-state index is 12.1. The van der Waals surface area contributed by atoms with Gasteiger partial charge in [0.1, 0.15) is 5.25 Å². The molecule has 2 atom stereocenters. The molecule has 1 saturated heterocycles. The number of rotatable bonds is 4. The number of halogens is 1. The third-order valence-electron chi connectivity index (χ3n) is 3.10. The van der Waals surface area contributed by atoms with Crippen LogP contribution in [0, 0.1) is 0 Å². The zero-order chi connectivity index (χ0) is 13.2. The van der Waals surface area contributed by atoms with Gasteiger partial charge < -0.3 is 4.74 Å². The molecule has 0 aromatic heterocycles. The summed E-state index contributed by atoms with van der Waals surface area (Å²) in [4.78, 5) is 0. The van der Waals surface area contributed by atoms with E-state index in [0.29, 0.717) is 19.6 Å². The van der Waals surface area contributed by atoms with Crippen molar-refractivity contribution in [2.24, 2.45) is 0 Å². The lowest BCUT2D eigenvalue weighted by atomic mass is 10.2. The quantitative estimate of drug-likeness (QED) is 0.917. The van der Waals surface area contributed by atoms with E-state index in [1.165, 1.54) is 0 Å². The minimum Gasteiger partial charge on any atom is -0.377 e. The second kappa shape index (κ2) is 5.69. The summed E-state index contributed by atoms with van der Waals surface area (Å²) in [7, 11) is -3.30. The van der Waals surface area contributed by atoms with Gasteiger partial charge in [-0.2, -0.15) is 0 Å².